The van der Waals surface area contributed by atoms with Gasteiger partial charge in [-0.05, 0) is 30.7 Å². The normalized spacial score (nSPS) is 10.9. The third kappa shape index (κ3) is 1.91. The maximum Gasteiger partial charge on any atom is 0.270 e. The van der Waals surface area contributed by atoms with Crippen molar-refractivity contribution < 1.29 is 13.8 Å². The highest BCUT2D eigenvalue weighted by molar-refractivity contribution is 5.85. The van der Waals surface area contributed by atoms with E-state index >= 15 is 0 Å². The summed E-state index contributed by atoms with van der Waals surface area (Å²) in [7, 11) is 0. The molecule has 1 aromatic heterocycles. The van der Waals surface area contributed by atoms with Crippen LogP contribution in [0.1, 0.15) is 5.69 Å². The van der Waals surface area contributed by atoms with Crippen LogP contribution in [0.15, 0.2) is 40.9 Å². The first-order valence-electron chi connectivity index (χ1n) is 5.86. The molecule has 0 atom stereocenters. The van der Waals surface area contributed by atoms with Crippen molar-refractivity contribution in [3.8, 4) is 11.1 Å². The van der Waals surface area contributed by atoms with Crippen molar-refractivity contribution in [3.63, 3.8) is 0 Å². The zero-order valence-corrected chi connectivity index (χ0v) is 10.5. The number of nitrogens with zero attached hydrogens (tertiary/aromatic N) is 2. The number of benzene rings is 2. The summed E-state index contributed by atoms with van der Waals surface area (Å²) >= 11 is 0. The minimum absolute atomic E-state index is 0.150. The first-order chi connectivity index (χ1) is 9.56. The molecular formula is C14H9FN2O3. The largest absolute Gasteiger partial charge is 0.356 e. The number of nitro benzene ring substituents is 1. The van der Waals surface area contributed by atoms with E-state index in [2.05, 4.69) is 5.16 Å². The molecule has 100 valence electrons. The molecule has 1 heterocycles. The predicted molar refractivity (Wildman–Crippen MR) is 70.8 cm³/mol. The number of non-ortho nitro benzene ring substituents is 1. The van der Waals surface area contributed by atoms with Crippen LogP contribution in [0.2, 0.25) is 0 Å². The molecule has 0 unspecified atom stereocenters. The predicted octanol–water partition coefficient (Wildman–Crippen LogP) is 3.85. The molecule has 0 N–H and O–H groups in total. The van der Waals surface area contributed by atoms with Crippen LogP contribution < -0.4 is 0 Å². The lowest BCUT2D eigenvalue weighted by atomic mass is 10.0. The summed E-state index contributed by atoms with van der Waals surface area (Å²) < 4.78 is 19.0. The SMILES string of the molecule is Cc1noc2ccc(-c3cc([N+](=O)[O-])ccc3F)cc12. The third-order valence-corrected chi connectivity index (χ3v) is 3.12. The molecule has 0 aliphatic carbocycles. The molecular weight excluding hydrogens is 263 g/mol. The zero-order chi connectivity index (χ0) is 14.3. The molecule has 20 heavy (non-hydrogen) atoms. The van der Waals surface area contributed by atoms with Crippen LogP contribution in [0.25, 0.3) is 22.1 Å². The fraction of sp³-hybridized carbons (Fsp3) is 0.0714. The Balaban J connectivity index is 2.21. The van der Waals surface area contributed by atoms with Crippen LogP contribution in [0, 0.1) is 22.9 Å². The molecule has 3 rings (SSSR count). The first kappa shape index (κ1) is 12.3. The van der Waals surface area contributed by atoms with Gasteiger partial charge in [-0.2, -0.15) is 0 Å². The molecule has 0 saturated carbocycles. The van der Waals surface area contributed by atoms with Crippen molar-refractivity contribution in [3.05, 3.63) is 58.0 Å². The van der Waals surface area contributed by atoms with Crippen molar-refractivity contribution in [2.24, 2.45) is 0 Å². The van der Waals surface area contributed by atoms with Crippen molar-refractivity contribution in [1.29, 1.82) is 0 Å². The summed E-state index contributed by atoms with van der Waals surface area (Å²) in [5, 5.41) is 15.4. The second-order valence-electron chi connectivity index (χ2n) is 4.40. The quantitative estimate of drug-likeness (QED) is 0.524. The third-order valence-electron chi connectivity index (χ3n) is 3.12. The smallest absolute Gasteiger partial charge is 0.270 e. The Morgan fingerprint density at radius 1 is 1.25 bits per heavy atom. The van der Waals surface area contributed by atoms with Gasteiger partial charge in [0, 0.05) is 23.1 Å². The lowest BCUT2D eigenvalue weighted by Gasteiger charge is -2.03. The first-order valence-corrected chi connectivity index (χ1v) is 5.86. The van der Waals surface area contributed by atoms with E-state index in [4.69, 9.17) is 4.52 Å². The molecule has 5 nitrogen and oxygen atoms in total. The lowest BCUT2D eigenvalue weighted by molar-refractivity contribution is -0.384. The Labute approximate surface area is 112 Å². The highest BCUT2D eigenvalue weighted by Crippen LogP contribution is 2.30. The lowest BCUT2D eigenvalue weighted by Crippen LogP contribution is -1.91. The molecule has 0 radical (unpaired) electrons. The second kappa shape index (κ2) is 4.41. The van der Waals surface area contributed by atoms with Gasteiger partial charge in [0.2, 0.25) is 0 Å². The average Bonchev–Trinajstić information content (AvgIpc) is 2.80. The molecule has 0 fully saturated rings. The summed E-state index contributed by atoms with van der Waals surface area (Å²) in [4.78, 5) is 10.2. The number of hydrogen-bond donors (Lipinski definition) is 0. The number of hydrogen-bond acceptors (Lipinski definition) is 4. The standard InChI is InChI=1S/C14H9FN2O3/c1-8-11-6-9(2-5-14(11)20-16-8)12-7-10(17(18)19)3-4-13(12)15/h2-7H,1H3. The fourth-order valence-corrected chi connectivity index (χ4v) is 2.07. The average molecular weight is 272 g/mol. The van der Waals surface area contributed by atoms with Crippen LogP contribution in [0.5, 0.6) is 0 Å². The van der Waals surface area contributed by atoms with Gasteiger partial charge in [-0.25, -0.2) is 4.39 Å². The minimum Gasteiger partial charge on any atom is -0.356 e. The van der Waals surface area contributed by atoms with E-state index in [0.29, 0.717) is 16.8 Å². The van der Waals surface area contributed by atoms with Gasteiger partial charge in [0.1, 0.15) is 5.82 Å². The summed E-state index contributed by atoms with van der Waals surface area (Å²) in [5.74, 6) is -0.510. The van der Waals surface area contributed by atoms with Gasteiger partial charge in [-0.1, -0.05) is 11.2 Å². The number of rotatable bonds is 2. The molecule has 0 saturated heterocycles. The van der Waals surface area contributed by atoms with E-state index in [0.717, 1.165) is 17.5 Å². The summed E-state index contributed by atoms with van der Waals surface area (Å²) in [6, 6.07) is 8.49. The number of aryl methyl sites for hydroxylation is 1. The molecule has 0 aliphatic heterocycles. The fourth-order valence-electron chi connectivity index (χ4n) is 2.07. The molecule has 2 aromatic carbocycles. The summed E-state index contributed by atoms with van der Waals surface area (Å²) in [5.41, 5.74) is 1.86. The maximum absolute atomic E-state index is 13.9. The van der Waals surface area contributed by atoms with Gasteiger partial charge in [-0.3, -0.25) is 10.1 Å². The van der Waals surface area contributed by atoms with Crippen LogP contribution >= 0.6 is 0 Å². The molecule has 3 aromatic rings. The molecule has 0 spiro atoms. The summed E-state index contributed by atoms with van der Waals surface area (Å²) in [6.07, 6.45) is 0. The van der Waals surface area contributed by atoms with Crippen molar-refractivity contribution in [1.82, 2.24) is 5.16 Å². The van der Waals surface area contributed by atoms with Gasteiger partial charge >= 0.3 is 0 Å². The van der Waals surface area contributed by atoms with Gasteiger partial charge in [0.05, 0.1) is 10.6 Å². The van der Waals surface area contributed by atoms with Crippen LogP contribution in [-0.2, 0) is 0 Å². The van der Waals surface area contributed by atoms with E-state index in [1.54, 1.807) is 25.1 Å². The Kier molecular flexibility index (Phi) is 2.71. The van der Waals surface area contributed by atoms with E-state index in [1.165, 1.54) is 6.07 Å². The second-order valence-corrected chi connectivity index (χ2v) is 4.40. The molecule has 0 bridgehead atoms. The van der Waals surface area contributed by atoms with Crippen LogP contribution in [0.4, 0.5) is 10.1 Å². The molecule has 0 amide bonds. The Morgan fingerprint density at radius 3 is 2.80 bits per heavy atom. The maximum atomic E-state index is 13.9. The zero-order valence-electron chi connectivity index (χ0n) is 10.5. The number of aromatic nitrogens is 1. The van der Waals surface area contributed by atoms with E-state index in [9.17, 15) is 14.5 Å². The van der Waals surface area contributed by atoms with Gasteiger partial charge < -0.3 is 4.52 Å². The molecule has 0 aliphatic rings. The molecule has 6 heteroatoms. The van der Waals surface area contributed by atoms with Crippen LogP contribution in [0.3, 0.4) is 0 Å². The topological polar surface area (TPSA) is 69.2 Å². The highest BCUT2D eigenvalue weighted by atomic mass is 19.1. The number of nitro groups is 1. The van der Waals surface area contributed by atoms with E-state index in [-0.39, 0.29) is 11.3 Å². The van der Waals surface area contributed by atoms with E-state index in [1.807, 2.05) is 0 Å². The summed E-state index contributed by atoms with van der Waals surface area (Å²) in [6.45, 7) is 1.78. The van der Waals surface area contributed by atoms with Crippen LogP contribution in [-0.4, -0.2) is 10.1 Å². The van der Waals surface area contributed by atoms with Crippen molar-refractivity contribution in [2.75, 3.05) is 0 Å². The van der Waals surface area contributed by atoms with Crippen molar-refractivity contribution in [2.45, 2.75) is 6.92 Å². The van der Waals surface area contributed by atoms with Gasteiger partial charge in [-0.15, -0.1) is 0 Å². The highest BCUT2D eigenvalue weighted by Gasteiger charge is 2.14. The van der Waals surface area contributed by atoms with Gasteiger partial charge in [0.25, 0.3) is 5.69 Å². The Bertz CT molecular complexity index is 826. The Hall–Kier alpha value is -2.76. The Morgan fingerprint density at radius 2 is 2.05 bits per heavy atom. The monoisotopic (exact) mass is 272 g/mol. The van der Waals surface area contributed by atoms with Crippen molar-refractivity contribution >= 4 is 16.7 Å². The van der Waals surface area contributed by atoms with Gasteiger partial charge in [0.15, 0.2) is 5.58 Å². The van der Waals surface area contributed by atoms with E-state index < -0.39 is 10.7 Å². The minimum atomic E-state index is -0.549. The number of fused-ring (bicyclic) bond motifs is 1. The number of halogens is 1.